The van der Waals surface area contributed by atoms with Crippen LogP contribution in [0.3, 0.4) is 0 Å². The standard InChI is InChI=1S/C21H31N3O8/c1-20(2,3)31-18(26)22-12-16(13-23-19(27)32-21(4,5)6)30-17(25)11-14-7-9-15(10-8-14)24(28)29/h7-10,16H,11-13H2,1-6H3,(H,22,26)(H,23,27). The van der Waals surface area contributed by atoms with Crippen LogP contribution in [0.15, 0.2) is 24.3 Å². The van der Waals surface area contributed by atoms with Gasteiger partial charge in [0.05, 0.1) is 24.4 Å². The summed E-state index contributed by atoms with van der Waals surface area (Å²) in [6.07, 6.45) is -2.45. The molecule has 2 N–H and O–H groups in total. The number of non-ortho nitro benzene ring substituents is 1. The molecule has 2 amide bonds. The van der Waals surface area contributed by atoms with Crippen LogP contribution in [0.4, 0.5) is 15.3 Å². The number of esters is 1. The second kappa shape index (κ2) is 11.3. The molecule has 0 radical (unpaired) electrons. The van der Waals surface area contributed by atoms with Crippen molar-refractivity contribution in [1.29, 1.82) is 0 Å². The van der Waals surface area contributed by atoms with Gasteiger partial charge in [-0.25, -0.2) is 9.59 Å². The van der Waals surface area contributed by atoms with Crippen molar-refractivity contribution in [2.75, 3.05) is 13.1 Å². The minimum absolute atomic E-state index is 0.0943. The molecular weight excluding hydrogens is 422 g/mol. The highest BCUT2D eigenvalue weighted by atomic mass is 16.6. The molecule has 0 bridgehead atoms. The highest BCUT2D eigenvalue weighted by Crippen LogP contribution is 2.13. The zero-order valence-corrected chi connectivity index (χ0v) is 19.2. The summed E-state index contributed by atoms with van der Waals surface area (Å²) in [5, 5.41) is 15.7. The first-order valence-corrected chi connectivity index (χ1v) is 10.0. The molecule has 0 spiro atoms. The normalized spacial score (nSPS) is 11.5. The average Bonchev–Trinajstić information content (AvgIpc) is 2.61. The number of rotatable bonds is 8. The number of ether oxygens (including phenoxy) is 3. The number of hydrogen-bond acceptors (Lipinski definition) is 8. The van der Waals surface area contributed by atoms with Gasteiger partial charge in [0.25, 0.3) is 5.69 Å². The van der Waals surface area contributed by atoms with Gasteiger partial charge in [-0.1, -0.05) is 12.1 Å². The van der Waals surface area contributed by atoms with E-state index in [1.807, 2.05) is 0 Å². The molecule has 32 heavy (non-hydrogen) atoms. The van der Waals surface area contributed by atoms with Crippen LogP contribution in [0, 0.1) is 10.1 Å². The molecule has 0 saturated carbocycles. The highest BCUT2D eigenvalue weighted by Gasteiger charge is 2.22. The van der Waals surface area contributed by atoms with Gasteiger partial charge in [0.2, 0.25) is 0 Å². The van der Waals surface area contributed by atoms with E-state index >= 15 is 0 Å². The molecule has 0 aliphatic rings. The molecule has 1 aromatic carbocycles. The molecule has 11 heteroatoms. The van der Waals surface area contributed by atoms with E-state index < -0.39 is 40.4 Å². The minimum Gasteiger partial charge on any atom is -0.458 e. The van der Waals surface area contributed by atoms with Gasteiger partial charge < -0.3 is 24.8 Å². The molecule has 11 nitrogen and oxygen atoms in total. The van der Waals surface area contributed by atoms with E-state index in [0.29, 0.717) is 5.56 Å². The van der Waals surface area contributed by atoms with Crippen molar-refractivity contribution in [2.24, 2.45) is 0 Å². The molecule has 0 saturated heterocycles. The number of nitrogens with zero attached hydrogens (tertiary/aromatic N) is 1. The first kappa shape index (κ1) is 26.7. The van der Waals surface area contributed by atoms with E-state index in [-0.39, 0.29) is 25.2 Å². The highest BCUT2D eigenvalue weighted by molar-refractivity contribution is 5.73. The van der Waals surface area contributed by atoms with Crippen LogP contribution in [0.5, 0.6) is 0 Å². The van der Waals surface area contributed by atoms with E-state index in [4.69, 9.17) is 14.2 Å². The Balaban J connectivity index is 2.72. The molecule has 0 aliphatic carbocycles. The molecule has 0 unspecified atom stereocenters. The second-order valence-electron chi connectivity index (χ2n) is 8.98. The number of nitro benzene ring substituents is 1. The van der Waals surface area contributed by atoms with Crippen molar-refractivity contribution < 1.29 is 33.5 Å². The van der Waals surface area contributed by atoms with Crippen molar-refractivity contribution >= 4 is 23.8 Å². The number of benzene rings is 1. The number of hydrogen-bond donors (Lipinski definition) is 2. The van der Waals surface area contributed by atoms with E-state index in [0.717, 1.165) is 0 Å². The maximum absolute atomic E-state index is 12.3. The molecule has 0 fully saturated rings. The summed E-state index contributed by atoms with van der Waals surface area (Å²) in [5.74, 6) is -0.638. The van der Waals surface area contributed by atoms with Crippen molar-refractivity contribution in [3.63, 3.8) is 0 Å². The third-order valence-corrected chi connectivity index (χ3v) is 3.54. The van der Waals surface area contributed by atoms with Gasteiger partial charge in [0, 0.05) is 12.1 Å². The minimum atomic E-state index is -0.902. The smallest absolute Gasteiger partial charge is 0.407 e. The van der Waals surface area contributed by atoms with E-state index in [9.17, 15) is 24.5 Å². The third kappa shape index (κ3) is 11.7. The monoisotopic (exact) mass is 453 g/mol. The lowest BCUT2D eigenvalue weighted by atomic mass is 10.1. The lowest BCUT2D eigenvalue weighted by Gasteiger charge is -2.23. The van der Waals surface area contributed by atoms with Gasteiger partial charge >= 0.3 is 18.2 Å². The van der Waals surface area contributed by atoms with Crippen LogP contribution in [0.2, 0.25) is 0 Å². The maximum atomic E-state index is 12.3. The molecule has 178 valence electrons. The molecule has 0 atom stereocenters. The Labute approximate surface area is 186 Å². The van der Waals surface area contributed by atoms with E-state index in [1.165, 1.54) is 24.3 Å². The fraction of sp³-hybridized carbons (Fsp3) is 0.571. The Bertz CT molecular complexity index is 778. The first-order valence-electron chi connectivity index (χ1n) is 10.0. The van der Waals surface area contributed by atoms with Gasteiger partial charge in [0.15, 0.2) is 0 Å². The number of carbonyl (C=O) groups is 3. The number of carbonyl (C=O) groups excluding carboxylic acids is 3. The fourth-order valence-corrected chi connectivity index (χ4v) is 2.31. The quantitative estimate of drug-likeness (QED) is 0.264. The molecular formula is C21H31N3O8. The predicted molar refractivity (Wildman–Crippen MR) is 115 cm³/mol. The van der Waals surface area contributed by atoms with Crippen LogP contribution in [-0.4, -0.2) is 53.5 Å². The maximum Gasteiger partial charge on any atom is 0.407 e. The first-order chi connectivity index (χ1) is 14.6. The molecule has 0 aromatic heterocycles. The van der Waals surface area contributed by atoms with Crippen molar-refractivity contribution in [2.45, 2.75) is 65.3 Å². The van der Waals surface area contributed by atoms with Crippen LogP contribution in [0.25, 0.3) is 0 Å². The Kier molecular flexibility index (Phi) is 9.42. The Hall–Kier alpha value is -3.37. The Morgan fingerprint density at radius 2 is 1.34 bits per heavy atom. The molecule has 0 aliphatic heterocycles. The summed E-state index contributed by atoms with van der Waals surface area (Å²) >= 11 is 0. The third-order valence-electron chi connectivity index (χ3n) is 3.54. The van der Waals surface area contributed by atoms with Crippen LogP contribution < -0.4 is 10.6 Å². The average molecular weight is 453 g/mol. The molecule has 0 heterocycles. The molecule has 1 aromatic rings. The van der Waals surface area contributed by atoms with Crippen LogP contribution in [-0.2, 0) is 25.4 Å². The summed E-state index contributed by atoms with van der Waals surface area (Å²) in [7, 11) is 0. The van der Waals surface area contributed by atoms with Crippen LogP contribution in [0.1, 0.15) is 47.1 Å². The second-order valence-corrected chi connectivity index (χ2v) is 8.98. The Morgan fingerprint density at radius 3 is 1.72 bits per heavy atom. The van der Waals surface area contributed by atoms with Gasteiger partial charge in [-0.15, -0.1) is 0 Å². The summed E-state index contributed by atoms with van der Waals surface area (Å²) in [6.45, 7) is 10.0. The lowest BCUT2D eigenvalue weighted by molar-refractivity contribution is -0.384. The van der Waals surface area contributed by atoms with Crippen molar-refractivity contribution in [1.82, 2.24) is 10.6 Å². The largest absolute Gasteiger partial charge is 0.458 e. The summed E-state index contributed by atoms with van der Waals surface area (Å²) in [4.78, 5) is 46.4. The SMILES string of the molecule is CC(C)(C)OC(=O)NCC(CNC(=O)OC(C)(C)C)OC(=O)Cc1ccc([N+](=O)[O-])cc1. The van der Waals surface area contributed by atoms with Crippen LogP contribution >= 0.6 is 0 Å². The van der Waals surface area contributed by atoms with Crippen molar-refractivity contribution in [3.8, 4) is 0 Å². The van der Waals surface area contributed by atoms with Crippen molar-refractivity contribution in [3.05, 3.63) is 39.9 Å². The lowest BCUT2D eigenvalue weighted by Crippen LogP contribution is -2.45. The number of amides is 2. The molecule has 1 rings (SSSR count). The Morgan fingerprint density at radius 1 is 0.906 bits per heavy atom. The predicted octanol–water partition coefficient (Wildman–Crippen LogP) is 3.10. The van der Waals surface area contributed by atoms with E-state index in [2.05, 4.69) is 10.6 Å². The van der Waals surface area contributed by atoms with Gasteiger partial charge in [0.1, 0.15) is 17.3 Å². The summed E-state index contributed by atoms with van der Waals surface area (Å²) in [6, 6.07) is 5.47. The number of nitro groups is 1. The topological polar surface area (TPSA) is 146 Å². The van der Waals surface area contributed by atoms with Gasteiger partial charge in [-0.3, -0.25) is 14.9 Å². The summed E-state index contributed by atoms with van der Waals surface area (Å²) < 4.78 is 15.7. The zero-order chi connectivity index (χ0) is 24.5. The number of nitrogens with one attached hydrogen (secondary N) is 2. The van der Waals surface area contributed by atoms with Gasteiger partial charge in [-0.05, 0) is 47.1 Å². The summed E-state index contributed by atoms with van der Waals surface area (Å²) in [5.41, 5.74) is -0.996. The zero-order valence-electron chi connectivity index (χ0n) is 19.2. The van der Waals surface area contributed by atoms with Gasteiger partial charge in [-0.2, -0.15) is 0 Å². The van der Waals surface area contributed by atoms with E-state index in [1.54, 1.807) is 41.5 Å². The fourth-order valence-electron chi connectivity index (χ4n) is 2.31. The number of alkyl carbamates (subject to hydrolysis) is 2.